The average molecular weight is 466 g/mol. The molecule has 0 radical (unpaired) electrons. The van der Waals surface area contributed by atoms with Gasteiger partial charge in [0.15, 0.2) is 0 Å². The van der Waals surface area contributed by atoms with Crippen molar-refractivity contribution in [3.63, 3.8) is 0 Å². The van der Waals surface area contributed by atoms with Crippen LogP contribution in [0, 0.1) is 6.92 Å². The maximum atomic E-state index is 12.6. The lowest BCUT2D eigenvalue weighted by Crippen LogP contribution is -2.41. The van der Waals surface area contributed by atoms with E-state index in [1.54, 1.807) is 6.07 Å². The van der Waals surface area contributed by atoms with E-state index in [1.165, 1.54) is 0 Å². The minimum Gasteiger partial charge on any atom is -0.447 e. The second-order valence-electron chi connectivity index (χ2n) is 7.51. The van der Waals surface area contributed by atoms with Gasteiger partial charge in [0.1, 0.15) is 18.4 Å². The van der Waals surface area contributed by atoms with Crippen LogP contribution in [0.1, 0.15) is 40.9 Å². The van der Waals surface area contributed by atoms with Crippen molar-refractivity contribution in [1.82, 2.24) is 20.5 Å². The highest BCUT2D eigenvalue weighted by molar-refractivity contribution is 5.95. The summed E-state index contributed by atoms with van der Waals surface area (Å²) in [5, 5.41) is 11.3. The van der Waals surface area contributed by atoms with Gasteiger partial charge >= 0.3 is 12.4 Å². The van der Waals surface area contributed by atoms with Crippen LogP contribution in [-0.4, -0.2) is 53.3 Å². The summed E-state index contributed by atoms with van der Waals surface area (Å²) in [4.78, 5) is 17.0. The lowest BCUT2D eigenvalue weighted by atomic mass is 10.0. The zero-order valence-electron chi connectivity index (χ0n) is 17.6. The Bertz CT molecular complexity index is 1110. The van der Waals surface area contributed by atoms with E-state index in [2.05, 4.69) is 25.2 Å². The Kier molecular flexibility index (Phi) is 6.75. The van der Waals surface area contributed by atoms with Crippen LogP contribution in [0.2, 0.25) is 0 Å². The van der Waals surface area contributed by atoms with Gasteiger partial charge < -0.3 is 19.2 Å². The number of carbonyl (C=O) groups excluding carboxylic acids is 1. The number of hydrogen-bond acceptors (Lipinski definition) is 8. The number of fused-ring (bicyclic) bond motifs is 1. The van der Waals surface area contributed by atoms with Gasteiger partial charge in [0, 0.05) is 5.39 Å². The number of amides is 1. The van der Waals surface area contributed by atoms with Crippen molar-refractivity contribution in [1.29, 1.82) is 0 Å². The molecule has 0 bridgehead atoms. The van der Waals surface area contributed by atoms with Crippen LogP contribution in [0.5, 0.6) is 6.08 Å². The van der Waals surface area contributed by atoms with Gasteiger partial charge in [-0.1, -0.05) is 22.8 Å². The molecule has 1 aliphatic rings. The molecule has 1 fully saturated rings. The summed E-state index contributed by atoms with van der Waals surface area (Å²) in [5.74, 6) is -0.142. The number of aryl methyl sites for hydroxylation is 1. The topological polar surface area (TPSA) is 109 Å². The summed E-state index contributed by atoms with van der Waals surface area (Å²) in [6.45, 7) is 1.12. The average Bonchev–Trinajstić information content (AvgIpc) is 3.25. The standard InChI is InChI=1S/C21H21F3N4O5/c1-12-2-5-15-13(10-12)3-6-16(26-15)18(29)25-14-4-7-17(31-11-14)19-27-28-20(33-19)30-8-9-32-21(22,23)24/h2-3,5-6,10,14,17H,4,7-9,11H2,1H3,(H,25,29)/t14-,17+/m1/s1. The number of hydrogen-bond donors (Lipinski definition) is 1. The van der Waals surface area contributed by atoms with Crippen molar-refractivity contribution in [3.8, 4) is 6.08 Å². The minimum absolute atomic E-state index is 0.151. The first-order valence-electron chi connectivity index (χ1n) is 10.2. The number of nitrogens with one attached hydrogen (secondary N) is 1. The SMILES string of the molecule is Cc1ccc2nc(C(=O)N[C@@H]3CC[C@@H](c4nnc(OCCOC(F)(F)F)o4)OC3)ccc2c1. The van der Waals surface area contributed by atoms with Crippen LogP contribution in [-0.2, 0) is 9.47 Å². The fraction of sp³-hybridized carbons (Fsp3) is 0.429. The van der Waals surface area contributed by atoms with Gasteiger partial charge in [-0.05, 0) is 38.0 Å². The van der Waals surface area contributed by atoms with Crippen molar-refractivity contribution in [2.45, 2.75) is 38.3 Å². The Morgan fingerprint density at radius 3 is 2.79 bits per heavy atom. The molecule has 1 aromatic carbocycles. The Hall–Kier alpha value is -3.25. The Morgan fingerprint density at radius 1 is 1.18 bits per heavy atom. The lowest BCUT2D eigenvalue weighted by Gasteiger charge is -2.27. The van der Waals surface area contributed by atoms with Crippen molar-refractivity contribution in [2.75, 3.05) is 19.8 Å². The molecule has 9 nitrogen and oxygen atoms in total. The highest BCUT2D eigenvalue weighted by atomic mass is 19.4. The van der Waals surface area contributed by atoms with Gasteiger partial charge in [-0.2, -0.15) is 0 Å². The van der Waals surface area contributed by atoms with E-state index in [0.717, 1.165) is 16.5 Å². The molecule has 1 saturated heterocycles. The summed E-state index contributed by atoms with van der Waals surface area (Å²) in [6, 6.07) is 9.15. The molecule has 0 saturated carbocycles. The van der Waals surface area contributed by atoms with Crippen molar-refractivity contribution in [2.24, 2.45) is 0 Å². The van der Waals surface area contributed by atoms with E-state index in [4.69, 9.17) is 13.9 Å². The van der Waals surface area contributed by atoms with Crippen molar-refractivity contribution >= 4 is 16.8 Å². The molecule has 0 spiro atoms. The van der Waals surface area contributed by atoms with E-state index < -0.39 is 25.7 Å². The third kappa shape index (κ3) is 6.17. The van der Waals surface area contributed by atoms with Crippen LogP contribution in [0.4, 0.5) is 13.2 Å². The molecule has 0 aliphatic carbocycles. The Balaban J connectivity index is 1.25. The van der Waals surface area contributed by atoms with E-state index in [0.29, 0.717) is 18.5 Å². The minimum atomic E-state index is -4.73. The number of ether oxygens (including phenoxy) is 3. The molecule has 3 aromatic rings. The molecule has 3 heterocycles. The monoisotopic (exact) mass is 466 g/mol. The maximum Gasteiger partial charge on any atom is 0.522 e. The predicted molar refractivity (Wildman–Crippen MR) is 107 cm³/mol. The van der Waals surface area contributed by atoms with Gasteiger partial charge in [-0.25, -0.2) is 4.98 Å². The number of carbonyl (C=O) groups is 1. The largest absolute Gasteiger partial charge is 0.522 e. The Labute approximate surface area is 186 Å². The van der Waals surface area contributed by atoms with Crippen LogP contribution in [0.15, 0.2) is 34.7 Å². The molecular formula is C21H21F3N4O5. The normalized spacial score (nSPS) is 18.9. The molecule has 176 valence electrons. The molecule has 1 aliphatic heterocycles. The molecule has 0 unspecified atom stereocenters. The number of pyridine rings is 1. The molecule has 12 heteroatoms. The van der Waals surface area contributed by atoms with Gasteiger partial charge in [-0.3, -0.25) is 9.53 Å². The highest BCUT2D eigenvalue weighted by Gasteiger charge is 2.30. The van der Waals surface area contributed by atoms with Crippen LogP contribution in [0.3, 0.4) is 0 Å². The molecule has 33 heavy (non-hydrogen) atoms. The van der Waals surface area contributed by atoms with E-state index in [1.807, 2.05) is 31.2 Å². The van der Waals surface area contributed by atoms with E-state index in [-0.39, 0.29) is 30.5 Å². The van der Waals surface area contributed by atoms with E-state index >= 15 is 0 Å². The van der Waals surface area contributed by atoms with Crippen molar-refractivity contribution < 1.29 is 36.6 Å². The zero-order chi connectivity index (χ0) is 23.4. The molecule has 1 N–H and O–H groups in total. The Morgan fingerprint density at radius 2 is 2.03 bits per heavy atom. The number of rotatable bonds is 7. The fourth-order valence-corrected chi connectivity index (χ4v) is 3.39. The third-order valence-corrected chi connectivity index (χ3v) is 4.96. The smallest absolute Gasteiger partial charge is 0.447 e. The lowest BCUT2D eigenvalue weighted by molar-refractivity contribution is -0.325. The fourth-order valence-electron chi connectivity index (χ4n) is 3.39. The number of halogens is 3. The van der Waals surface area contributed by atoms with Gasteiger partial charge in [-0.15, -0.1) is 18.3 Å². The third-order valence-electron chi connectivity index (χ3n) is 4.96. The van der Waals surface area contributed by atoms with E-state index in [9.17, 15) is 18.0 Å². The first kappa shape index (κ1) is 22.9. The highest BCUT2D eigenvalue weighted by Crippen LogP contribution is 2.28. The zero-order valence-corrected chi connectivity index (χ0v) is 17.6. The van der Waals surface area contributed by atoms with Crippen molar-refractivity contribution in [3.05, 3.63) is 47.5 Å². The number of benzene rings is 1. The van der Waals surface area contributed by atoms with Gasteiger partial charge in [0.2, 0.25) is 5.89 Å². The summed E-state index contributed by atoms with van der Waals surface area (Å²) in [5.41, 5.74) is 2.18. The molecule has 2 atom stereocenters. The first-order valence-corrected chi connectivity index (χ1v) is 10.2. The summed E-state index contributed by atoms with van der Waals surface area (Å²) < 4.78 is 55.4. The number of alkyl halides is 3. The first-order chi connectivity index (χ1) is 15.8. The van der Waals surface area contributed by atoms with Crippen LogP contribution >= 0.6 is 0 Å². The second kappa shape index (κ2) is 9.71. The number of nitrogens with zero attached hydrogens (tertiary/aromatic N) is 3. The summed E-state index contributed by atoms with van der Waals surface area (Å²) >= 11 is 0. The van der Waals surface area contributed by atoms with Crippen LogP contribution < -0.4 is 10.1 Å². The summed E-state index contributed by atoms with van der Waals surface area (Å²) in [7, 11) is 0. The van der Waals surface area contributed by atoms with Crippen LogP contribution in [0.25, 0.3) is 10.9 Å². The predicted octanol–water partition coefficient (Wildman–Crippen LogP) is 3.49. The van der Waals surface area contributed by atoms with Gasteiger partial charge in [0.25, 0.3) is 5.91 Å². The number of aromatic nitrogens is 3. The molecular weight excluding hydrogens is 445 g/mol. The molecule has 4 rings (SSSR count). The summed E-state index contributed by atoms with van der Waals surface area (Å²) in [6.07, 6.45) is -4.41. The second-order valence-corrected chi connectivity index (χ2v) is 7.51. The quantitative estimate of drug-likeness (QED) is 0.527. The molecule has 2 aromatic heterocycles. The van der Waals surface area contributed by atoms with Gasteiger partial charge in [0.05, 0.1) is 24.8 Å². The molecule has 1 amide bonds. The maximum absolute atomic E-state index is 12.6.